The normalized spacial score (nSPS) is 19.6. The average molecular weight is 379 g/mol. The van der Waals surface area contributed by atoms with E-state index in [-0.39, 0.29) is 5.91 Å². The van der Waals surface area contributed by atoms with Crippen LogP contribution in [0.3, 0.4) is 0 Å². The first-order chi connectivity index (χ1) is 12.6. The highest BCUT2D eigenvalue weighted by Gasteiger charge is 2.22. The highest BCUT2D eigenvalue weighted by atomic mass is 35.5. The number of hydrogen-bond acceptors (Lipinski definition) is 5. The third kappa shape index (κ3) is 5.45. The highest BCUT2D eigenvalue weighted by Crippen LogP contribution is 2.18. The van der Waals surface area contributed by atoms with E-state index in [4.69, 9.17) is 22.1 Å². The number of nitrogens with two attached hydrogens (primary N) is 1. The molecule has 3 N–H and O–H groups in total. The molecule has 1 saturated heterocycles. The molecule has 26 heavy (non-hydrogen) atoms. The molecule has 2 aliphatic rings. The Bertz CT molecular complexity index is 659. The van der Waals surface area contributed by atoms with Gasteiger partial charge in [0.25, 0.3) is 0 Å². The van der Waals surface area contributed by atoms with Gasteiger partial charge in [-0.25, -0.2) is 0 Å². The topological polar surface area (TPSA) is 70.8 Å². The third-order valence-electron chi connectivity index (χ3n) is 4.85. The lowest BCUT2D eigenvalue weighted by molar-refractivity contribution is -0.118. The van der Waals surface area contributed by atoms with E-state index in [0.29, 0.717) is 25.2 Å². The van der Waals surface area contributed by atoms with Gasteiger partial charge in [0.05, 0.1) is 13.2 Å². The minimum Gasteiger partial charge on any atom is -0.401 e. The van der Waals surface area contributed by atoms with Gasteiger partial charge < -0.3 is 15.8 Å². The van der Waals surface area contributed by atoms with Gasteiger partial charge in [-0.1, -0.05) is 23.7 Å². The van der Waals surface area contributed by atoms with Crippen LogP contribution >= 0.6 is 11.6 Å². The van der Waals surface area contributed by atoms with E-state index in [1.54, 1.807) is 0 Å². The molecule has 0 unspecified atom stereocenters. The van der Waals surface area contributed by atoms with E-state index >= 15 is 0 Å². The summed E-state index contributed by atoms with van der Waals surface area (Å²) >= 11 is 6.04. The Hall–Kier alpha value is -1.60. The molecule has 142 valence electrons. The minimum absolute atomic E-state index is 0.0295. The van der Waals surface area contributed by atoms with Gasteiger partial charge in [-0.2, -0.15) is 0 Å². The summed E-state index contributed by atoms with van der Waals surface area (Å²) in [5, 5.41) is 3.75. The van der Waals surface area contributed by atoms with Crippen LogP contribution in [0.4, 0.5) is 0 Å². The maximum atomic E-state index is 12.4. The number of hydrogen-bond donors (Lipinski definition) is 2. The Balaban J connectivity index is 1.46. The number of rotatable bonds is 6. The van der Waals surface area contributed by atoms with Crippen molar-refractivity contribution in [3.05, 3.63) is 46.1 Å². The van der Waals surface area contributed by atoms with Crippen LogP contribution in [-0.4, -0.2) is 68.2 Å². The van der Waals surface area contributed by atoms with Crippen LogP contribution in [0.1, 0.15) is 12.0 Å². The van der Waals surface area contributed by atoms with Gasteiger partial charge in [0.1, 0.15) is 0 Å². The first-order valence-corrected chi connectivity index (χ1v) is 9.52. The van der Waals surface area contributed by atoms with Crippen LogP contribution in [-0.2, 0) is 16.1 Å². The molecule has 0 saturated carbocycles. The second-order valence-electron chi connectivity index (χ2n) is 6.80. The van der Waals surface area contributed by atoms with Crippen LogP contribution in [0, 0.1) is 0 Å². The average Bonchev–Trinajstić information content (AvgIpc) is 2.62. The Morgan fingerprint density at radius 1 is 1.23 bits per heavy atom. The SMILES string of the molecule is NC1=C(C(=O)NCCN2CCOCC2)CCN(Cc2cccc(Cl)c2)C1. The number of benzene rings is 1. The smallest absolute Gasteiger partial charge is 0.249 e. The number of halogens is 1. The molecule has 1 amide bonds. The fourth-order valence-electron chi connectivity index (χ4n) is 3.39. The Morgan fingerprint density at radius 2 is 2.04 bits per heavy atom. The van der Waals surface area contributed by atoms with E-state index in [0.717, 1.165) is 62.1 Å². The van der Waals surface area contributed by atoms with E-state index in [1.807, 2.05) is 18.2 Å². The molecule has 1 aromatic carbocycles. The number of carbonyl (C=O) groups is 1. The van der Waals surface area contributed by atoms with Crippen LogP contribution in [0.5, 0.6) is 0 Å². The number of nitrogens with one attached hydrogen (secondary N) is 1. The molecule has 0 bridgehead atoms. The summed E-state index contributed by atoms with van der Waals surface area (Å²) in [7, 11) is 0. The lowest BCUT2D eigenvalue weighted by Gasteiger charge is -2.29. The molecule has 0 aromatic heterocycles. The maximum absolute atomic E-state index is 12.4. The van der Waals surface area contributed by atoms with Crippen molar-refractivity contribution in [3.63, 3.8) is 0 Å². The molecule has 3 rings (SSSR count). The van der Waals surface area contributed by atoms with Crippen molar-refractivity contribution in [2.45, 2.75) is 13.0 Å². The van der Waals surface area contributed by atoms with Crippen LogP contribution in [0.2, 0.25) is 5.02 Å². The quantitative estimate of drug-likeness (QED) is 0.778. The molecule has 0 radical (unpaired) electrons. The summed E-state index contributed by atoms with van der Waals surface area (Å²) < 4.78 is 5.33. The summed E-state index contributed by atoms with van der Waals surface area (Å²) in [5.41, 5.74) is 8.75. The van der Waals surface area contributed by atoms with E-state index < -0.39 is 0 Å². The zero-order chi connectivity index (χ0) is 18.4. The second kappa shape index (κ2) is 9.37. The summed E-state index contributed by atoms with van der Waals surface area (Å²) in [6, 6.07) is 7.85. The predicted octanol–water partition coefficient (Wildman–Crippen LogP) is 1.21. The van der Waals surface area contributed by atoms with Gasteiger partial charge in [0.2, 0.25) is 5.91 Å². The Morgan fingerprint density at radius 3 is 2.77 bits per heavy atom. The molecular formula is C19H27ClN4O2. The zero-order valence-electron chi connectivity index (χ0n) is 15.0. The number of nitrogens with zero attached hydrogens (tertiary/aromatic N) is 2. The fraction of sp³-hybridized carbons (Fsp3) is 0.526. The Labute approximate surface area is 159 Å². The summed E-state index contributed by atoms with van der Waals surface area (Å²) in [5.74, 6) is -0.0295. The molecule has 1 fully saturated rings. The van der Waals surface area contributed by atoms with Crippen molar-refractivity contribution in [2.24, 2.45) is 5.73 Å². The lowest BCUT2D eigenvalue weighted by Crippen LogP contribution is -2.43. The summed E-state index contributed by atoms with van der Waals surface area (Å²) in [6.45, 7) is 7.11. The molecule has 0 spiro atoms. The summed E-state index contributed by atoms with van der Waals surface area (Å²) in [4.78, 5) is 17.0. The molecule has 2 aliphatic heterocycles. The van der Waals surface area contributed by atoms with Crippen molar-refractivity contribution in [1.82, 2.24) is 15.1 Å². The molecule has 6 nitrogen and oxygen atoms in total. The number of carbonyl (C=O) groups excluding carboxylic acids is 1. The highest BCUT2D eigenvalue weighted by molar-refractivity contribution is 6.30. The molecule has 7 heteroatoms. The van der Waals surface area contributed by atoms with E-state index in [9.17, 15) is 4.79 Å². The van der Waals surface area contributed by atoms with Crippen LogP contribution in [0.15, 0.2) is 35.5 Å². The molecule has 2 heterocycles. The summed E-state index contributed by atoms with van der Waals surface area (Å²) in [6.07, 6.45) is 0.676. The minimum atomic E-state index is -0.0295. The number of ether oxygens (including phenoxy) is 1. The zero-order valence-corrected chi connectivity index (χ0v) is 15.8. The van der Waals surface area contributed by atoms with Crippen molar-refractivity contribution < 1.29 is 9.53 Å². The van der Waals surface area contributed by atoms with Gasteiger partial charge in [0.15, 0.2) is 0 Å². The third-order valence-corrected chi connectivity index (χ3v) is 5.08. The molecule has 0 atom stereocenters. The first kappa shape index (κ1) is 19.2. The monoisotopic (exact) mass is 378 g/mol. The van der Waals surface area contributed by atoms with Gasteiger partial charge in [0, 0.05) is 62.1 Å². The van der Waals surface area contributed by atoms with Crippen molar-refractivity contribution in [3.8, 4) is 0 Å². The maximum Gasteiger partial charge on any atom is 0.249 e. The van der Waals surface area contributed by atoms with E-state index in [1.165, 1.54) is 0 Å². The van der Waals surface area contributed by atoms with Crippen molar-refractivity contribution in [2.75, 3.05) is 52.5 Å². The van der Waals surface area contributed by atoms with Gasteiger partial charge in [-0.05, 0) is 24.1 Å². The molecular weight excluding hydrogens is 352 g/mol. The van der Waals surface area contributed by atoms with Gasteiger partial charge >= 0.3 is 0 Å². The molecule has 1 aromatic rings. The second-order valence-corrected chi connectivity index (χ2v) is 7.24. The van der Waals surface area contributed by atoms with Crippen LogP contribution < -0.4 is 11.1 Å². The van der Waals surface area contributed by atoms with Crippen molar-refractivity contribution >= 4 is 17.5 Å². The first-order valence-electron chi connectivity index (χ1n) is 9.14. The lowest BCUT2D eigenvalue weighted by atomic mass is 10.0. The standard InChI is InChI=1S/C19H27ClN4O2/c20-16-3-1-2-15(12-16)13-24-6-4-17(18(21)14-24)19(25)22-5-7-23-8-10-26-11-9-23/h1-3,12H,4-11,13-14,21H2,(H,22,25). The Kier molecular flexibility index (Phi) is 6.91. The van der Waals surface area contributed by atoms with Crippen molar-refractivity contribution in [1.29, 1.82) is 0 Å². The number of morpholine rings is 1. The van der Waals surface area contributed by atoms with Crippen LogP contribution in [0.25, 0.3) is 0 Å². The van der Waals surface area contributed by atoms with Gasteiger partial charge in [-0.15, -0.1) is 0 Å². The largest absolute Gasteiger partial charge is 0.401 e. The van der Waals surface area contributed by atoms with E-state index in [2.05, 4.69) is 21.2 Å². The van der Waals surface area contributed by atoms with Gasteiger partial charge in [-0.3, -0.25) is 14.6 Å². The fourth-order valence-corrected chi connectivity index (χ4v) is 3.61. The molecule has 0 aliphatic carbocycles. The predicted molar refractivity (Wildman–Crippen MR) is 103 cm³/mol. The number of amides is 1.